The molecule has 1 atom stereocenters. The lowest BCUT2D eigenvalue weighted by atomic mass is 10.1. The molecule has 1 N–H and O–H groups in total. The summed E-state index contributed by atoms with van der Waals surface area (Å²) in [6.07, 6.45) is 1.26. The molecule has 0 spiro atoms. The second kappa shape index (κ2) is 6.41. The zero-order valence-corrected chi connectivity index (χ0v) is 14.1. The molecule has 0 saturated carbocycles. The average Bonchev–Trinajstić information content (AvgIpc) is 2.77. The molecule has 1 aromatic rings. The van der Waals surface area contributed by atoms with E-state index in [2.05, 4.69) is 44.8 Å². The zero-order valence-electron chi connectivity index (χ0n) is 13.3. The third kappa shape index (κ3) is 3.71. The van der Waals surface area contributed by atoms with E-state index in [1.54, 1.807) is 0 Å². The Bertz CT molecular complexity index is 444. The van der Waals surface area contributed by atoms with Gasteiger partial charge in [-0.05, 0) is 33.7 Å². The van der Waals surface area contributed by atoms with Crippen molar-refractivity contribution in [3.63, 3.8) is 0 Å². The monoisotopic (exact) mass is 297 g/mol. The summed E-state index contributed by atoms with van der Waals surface area (Å²) in [6, 6.07) is 0. The van der Waals surface area contributed by atoms with E-state index in [0.717, 1.165) is 37.7 Å². The van der Waals surface area contributed by atoms with Crippen molar-refractivity contribution in [3.05, 3.63) is 10.6 Å². The minimum atomic E-state index is -0.0997. The van der Waals surface area contributed by atoms with Crippen molar-refractivity contribution in [1.82, 2.24) is 10.3 Å². The Hall–Kier alpha value is -0.650. The van der Waals surface area contributed by atoms with Crippen molar-refractivity contribution in [3.8, 4) is 0 Å². The fraction of sp³-hybridized carbons (Fsp3) is 0.800. The first-order valence-corrected chi connectivity index (χ1v) is 8.39. The van der Waals surface area contributed by atoms with Crippen LogP contribution in [0.25, 0.3) is 0 Å². The van der Waals surface area contributed by atoms with Crippen molar-refractivity contribution in [2.24, 2.45) is 0 Å². The van der Waals surface area contributed by atoms with Gasteiger partial charge >= 0.3 is 0 Å². The van der Waals surface area contributed by atoms with Gasteiger partial charge in [-0.3, -0.25) is 0 Å². The molecular formula is C15H27N3OS. The second-order valence-corrected chi connectivity index (χ2v) is 7.13. The van der Waals surface area contributed by atoms with Gasteiger partial charge in [0, 0.05) is 24.5 Å². The third-order valence-corrected chi connectivity index (χ3v) is 4.64. The number of thiazole rings is 1. The summed E-state index contributed by atoms with van der Waals surface area (Å²) in [7, 11) is 0. The quantitative estimate of drug-likeness (QED) is 0.907. The SMILES string of the molecule is CCNCc1sc(N2CC(C)OC(C)(C)C2)nc1CC. The zero-order chi connectivity index (χ0) is 14.8. The highest BCUT2D eigenvalue weighted by atomic mass is 32.1. The van der Waals surface area contributed by atoms with Crippen LogP contribution in [-0.2, 0) is 17.7 Å². The van der Waals surface area contributed by atoms with E-state index < -0.39 is 0 Å². The second-order valence-electron chi connectivity index (χ2n) is 6.07. The molecule has 1 fully saturated rings. The van der Waals surface area contributed by atoms with Crippen molar-refractivity contribution in [1.29, 1.82) is 0 Å². The molecular weight excluding hydrogens is 270 g/mol. The predicted molar refractivity (Wildman–Crippen MR) is 85.7 cm³/mol. The summed E-state index contributed by atoms with van der Waals surface area (Å²) in [6.45, 7) is 14.5. The molecule has 0 radical (unpaired) electrons. The molecule has 5 heteroatoms. The molecule has 1 saturated heterocycles. The van der Waals surface area contributed by atoms with Crippen LogP contribution in [-0.4, -0.2) is 36.3 Å². The summed E-state index contributed by atoms with van der Waals surface area (Å²) in [5, 5.41) is 4.56. The Morgan fingerprint density at radius 1 is 1.45 bits per heavy atom. The lowest BCUT2D eigenvalue weighted by Gasteiger charge is -2.41. The number of anilines is 1. The molecule has 1 aliphatic heterocycles. The predicted octanol–water partition coefficient (Wildman–Crippen LogP) is 2.82. The van der Waals surface area contributed by atoms with E-state index in [0.29, 0.717) is 0 Å². The Balaban J connectivity index is 2.17. The van der Waals surface area contributed by atoms with Crippen LogP contribution >= 0.6 is 11.3 Å². The molecule has 0 aromatic carbocycles. The number of nitrogens with one attached hydrogen (secondary N) is 1. The Morgan fingerprint density at radius 2 is 2.20 bits per heavy atom. The summed E-state index contributed by atoms with van der Waals surface area (Å²) in [4.78, 5) is 8.61. The van der Waals surface area contributed by atoms with Crippen LogP contribution in [0.2, 0.25) is 0 Å². The number of rotatable bonds is 5. The van der Waals surface area contributed by atoms with E-state index in [4.69, 9.17) is 9.72 Å². The topological polar surface area (TPSA) is 37.4 Å². The van der Waals surface area contributed by atoms with Gasteiger partial charge in [0.1, 0.15) is 0 Å². The summed E-state index contributed by atoms with van der Waals surface area (Å²) >= 11 is 1.83. The molecule has 2 rings (SSSR count). The Labute approximate surface area is 126 Å². The van der Waals surface area contributed by atoms with Crippen molar-refractivity contribution < 1.29 is 4.74 Å². The van der Waals surface area contributed by atoms with Crippen LogP contribution in [0.4, 0.5) is 5.13 Å². The summed E-state index contributed by atoms with van der Waals surface area (Å²) in [5.41, 5.74) is 1.14. The van der Waals surface area contributed by atoms with Crippen LogP contribution in [0, 0.1) is 0 Å². The number of nitrogens with zero attached hydrogens (tertiary/aromatic N) is 2. The standard InChI is InChI=1S/C15H27N3OS/c1-6-12-13(8-16-7-2)20-14(17-12)18-9-11(3)19-15(4,5)10-18/h11,16H,6-10H2,1-5H3. The number of hydrogen-bond acceptors (Lipinski definition) is 5. The Morgan fingerprint density at radius 3 is 2.80 bits per heavy atom. The normalized spacial score (nSPS) is 22.2. The lowest BCUT2D eigenvalue weighted by molar-refractivity contribution is -0.0749. The first-order valence-electron chi connectivity index (χ1n) is 7.57. The van der Waals surface area contributed by atoms with E-state index in [1.165, 1.54) is 10.6 Å². The van der Waals surface area contributed by atoms with Gasteiger partial charge in [0.25, 0.3) is 0 Å². The largest absolute Gasteiger partial charge is 0.369 e. The van der Waals surface area contributed by atoms with Gasteiger partial charge in [-0.1, -0.05) is 13.8 Å². The third-order valence-electron chi connectivity index (χ3n) is 3.48. The first kappa shape index (κ1) is 15.7. The number of morpholine rings is 1. The average molecular weight is 297 g/mol. The van der Waals surface area contributed by atoms with Gasteiger partial charge in [0.15, 0.2) is 5.13 Å². The highest BCUT2D eigenvalue weighted by Crippen LogP contribution is 2.31. The maximum Gasteiger partial charge on any atom is 0.186 e. The molecule has 114 valence electrons. The van der Waals surface area contributed by atoms with Crippen LogP contribution in [0.1, 0.15) is 45.2 Å². The van der Waals surface area contributed by atoms with Gasteiger partial charge in [0.2, 0.25) is 0 Å². The number of hydrogen-bond donors (Lipinski definition) is 1. The maximum atomic E-state index is 5.98. The lowest BCUT2D eigenvalue weighted by Crippen LogP contribution is -2.52. The van der Waals surface area contributed by atoms with Crippen molar-refractivity contribution in [2.45, 2.75) is 59.3 Å². The fourth-order valence-corrected chi connectivity index (χ4v) is 3.88. The Kier molecular flexibility index (Phi) is 5.04. The van der Waals surface area contributed by atoms with Crippen molar-refractivity contribution >= 4 is 16.5 Å². The number of aromatic nitrogens is 1. The van der Waals surface area contributed by atoms with Crippen molar-refractivity contribution in [2.75, 3.05) is 24.5 Å². The van der Waals surface area contributed by atoms with E-state index >= 15 is 0 Å². The molecule has 1 unspecified atom stereocenters. The molecule has 2 heterocycles. The molecule has 1 aliphatic rings. The van der Waals surface area contributed by atoms with Gasteiger partial charge in [-0.15, -0.1) is 11.3 Å². The summed E-state index contributed by atoms with van der Waals surface area (Å²) in [5.74, 6) is 0. The van der Waals surface area contributed by atoms with Crippen LogP contribution in [0.15, 0.2) is 0 Å². The molecule has 0 bridgehead atoms. The highest BCUT2D eigenvalue weighted by Gasteiger charge is 2.32. The molecule has 0 amide bonds. The van der Waals surface area contributed by atoms with Gasteiger partial charge in [-0.2, -0.15) is 0 Å². The van der Waals surface area contributed by atoms with Gasteiger partial charge in [0.05, 0.1) is 17.4 Å². The minimum Gasteiger partial charge on any atom is -0.369 e. The molecule has 1 aromatic heterocycles. The minimum absolute atomic E-state index is 0.0997. The van der Waals surface area contributed by atoms with Crippen LogP contribution in [0.3, 0.4) is 0 Å². The van der Waals surface area contributed by atoms with Gasteiger partial charge < -0.3 is 15.0 Å². The van der Waals surface area contributed by atoms with Crippen LogP contribution in [0.5, 0.6) is 0 Å². The maximum absolute atomic E-state index is 5.98. The smallest absolute Gasteiger partial charge is 0.186 e. The first-order chi connectivity index (χ1) is 9.45. The number of ether oxygens (including phenoxy) is 1. The van der Waals surface area contributed by atoms with Crippen LogP contribution < -0.4 is 10.2 Å². The fourth-order valence-electron chi connectivity index (χ4n) is 2.76. The van der Waals surface area contributed by atoms with Gasteiger partial charge in [-0.25, -0.2) is 4.98 Å². The molecule has 0 aliphatic carbocycles. The van der Waals surface area contributed by atoms with E-state index in [1.807, 2.05) is 11.3 Å². The van der Waals surface area contributed by atoms with E-state index in [9.17, 15) is 0 Å². The number of aryl methyl sites for hydroxylation is 1. The summed E-state index contributed by atoms with van der Waals surface area (Å²) < 4.78 is 5.98. The molecule has 20 heavy (non-hydrogen) atoms. The molecule has 4 nitrogen and oxygen atoms in total. The van der Waals surface area contributed by atoms with E-state index in [-0.39, 0.29) is 11.7 Å². The highest BCUT2D eigenvalue weighted by molar-refractivity contribution is 7.15.